The summed E-state index contributed by atoms with van der Waals surface area (Å²) in [6, 6.07) is 4.15. The predicted octanol–water partition coefficient (Wildman–Crippen LogP) is 3.91. The molecule has 0 aromatic carbocycles. The minimum absolute atomic E-state index is 0.542. The van der Waals surface area contributed by atoms with Crippen LogP contribution in [0.1, 0.15) is 52.1 Å². The Morgan fingerprint density at radius 2 is 2.21 bits per heavy atom. The first kappa shape index (κ1) is 15.0. The van der Waals surface area contributed by atoms with Gasteiger partial charge in [-0.1, -0.05) is 27.2 Å². The van der Waals surface area contributed by atoms with Crippen LogP contribution in [0.15, 0.2) is 16.8 Å². The third-order valence-corrected chi connectivity index (χ3v) is 5.10. The first-order chi connectivity index (χ1) is 9.13. The zero-order chi connectivity index (χ0) is 13.8. The minimum atomic E-state index is 0.542. The van der Waals surface area contributed by atoms with Crippen molar-refractivity contribution in [1.82, 2.24) is 10.2 Å². The lowest BCUT2D eigenvalue weighted by atomic mass is 9.94. The van der Waals surface area contributed by atoms with Crippen molar-refractivity contribution in [2.24, 2.45) is 5.92 Å². The van der Waals surface area contributed by atoms with Crippen LogP contribution >= 0.6 is 11.3 Å². The van der Waals surface area contributed by atoms with Crippen molar-refractivity contribution in [3.05, 3.63) is 22.4 Å². The molecule has 1 aromatic rings. The summed E-state index contributed by atoms with van der Waals surface area (Å²) in [6.45, 7) is 11.7. The van der Waals surface area contributed by atoms with Gasteiger partial charge in [0.15, 0.2) is 0 Å². The van der Waals surface area contributed by atoms with E-state index in [1.54, 1.807) is 0 Å². The van der Waals surface area contributed by atoms with Gasteiger partial charge in [0.05, 0.1) is 0 Å². The summed E-state index contributed by atoms with van der Waals surface area (Å²) < 4.78 is 0. The molecule has 1 fully saturated rings. The molecule has 0 saturated carbocycles. The van der Waals surface area contributed by atoms with E-state index in [1.807, 2.05) is 11.3 Å². The maximum atomic E-state index is 3.74. The Hall–Kier alpha value is -0.380. The van der Waals surface area contributed by atoms with Gasteiger partial charge in [0.1, 0.15) is 0 Å². The third kappa shape index (κ3) is 3.59. The Morgan fingerprint density at radius 3 is 2.79 bits per heavy atom. The summed E-state index contributed by atoms with van der Waals surface area (Å²) in [5.74, 6) is 0.705. The van der Waals surface area contributed by atoms with Crippen molar-refractivity contribution in [3.8, 4) is 0 Å². The Morgan fingerprint density at radius 1 is 1.42 bits per heavy atom. The van der Waals surface area contributed by atoms with E-state index >= 15 is 0 Å². The molecule has 1 aromatic heterocycles. The molecular weight excluding hydrogens is 252 g/mol. The standard InChI is InChI=1S/C16H28N2S/c1-5-6-15-10-18(16(9-17-15)12(2)3)13(4)14-7-8-19-11-14/h7-8,11-13,15-17H,5-6,9-10H2,1-4H3. The average Bonchev–Trinajstić information content (AvgIpc) is 2.91. The van der Waals surface area contributed by atoms with Crippen LogP contribution < -0.4 is 5.32 Å². The zero-order valence-electron chi connectivity index (χ0n) is 12.7. The summed E-state index contributed by atoms with van der Waals surface area (Å²) in [6.07, 6.45) is 2.56. The van der Waals surface area contributed by atoms with Gasteiger partial charge < -0.3 is 5.32 Å². The van der Waals surface area contributed by atoms with E-state index in [1.165, 1.54) is 24.9 Å². The topological polar surface area (TPSA) is 15.3 Å². The number of thiophene rings is 1. The van der Waals surface area contributed by atoms with E-state index in [9.17, 15) is 0 Å². The summed E-state index contributed by atoms with van der Waals surface area (Å²) in [4.78, 5) is 2.73. The smallest absolute Gasteiger partial charge is 0.0332 e. The van der Waals surface area contributed by atoms with Crippen molar-refractivity contribution in [1.29, 1.82) is 0 Å². The minimum Gasteiger partial charge on any atom is -0.311 e. The molecule has 1 saturated heterocycles. The Bertz CT molecular complexity index is 361. The van der Waals surface area contributed by atoms with Crippen LogP contribution in [-0.2, 0) is 0 Å². The molecule has 2 rings (SSSR count). The van der Waals surface area contributed by atoms with Gasteiger partial charge in [0.25, 0.3) is 0 Å². The Balaban J connectivity index is 2.11. The van der Waals surface area contributed by atoms with Gasteiger partial charge in [-0.15, -0.1) is 0 Å². The van der Waals surface area contributed by atoms with E-state index in [2.05, 4.69) is 54.7 Å². The zero-order valence-corrected chi connectivity index (χ0v) is 13.5. The van der Waals surface area contributed by atoms with Crippen molar-refractivity contribution < 1.29 is 0 Å². The highest BCUT2D eigenvalue weighted by Crippen LogP contribution is 2.29. The van der Waals surface area contributed by atoms with Gasteiger partial charge in [-0.05, 0) is 41.7 Å². The fourth-order valence-corrected chi connectivity index (χ4v) is 3.92. The Labute approximate surface area is 122 Å². The molecule has 3 heteroatoms. The van der Waals surface area contributed by atoms with Crippen LogP contribution in [-0.4, -0.2) is 30.1 Å². The normalized spacial score (nSPS) is 26.8. The van der Waals surface area contributed by atoms with Gasteiger partial charge in [-0.3, -0.25) is 4.90 Å². The second-order valence-electron chi connectivity index (χ2n) is 6.13. The molecule has 0 spiro atoms. The number of piperazine rings is 1. The molecule has 0 bridgehead atoms. The van der Waals surface area contributed by atoms with E-state index < -0.39 is 0 Å². The number of nitrogens with zero attached hydrogens (tertiary/aromatic N) is 1. The first-order valence-electron chi connectivity index (χ1n) is 7.64. The van der Waals surface area contributed by atoms with Crippen LogP contribution in [0.2, 0.25) is 0 Å². The molecule has 2 nitrogen and oxygen atoms in total. The molecule has 0 aliphatic carbocycles. The second kappa shape index (κ2) is 6.87. The molecule has 19 heavy (non-hydrogen) atoms. The molecular formula is C16H28N2S. The number of nitrogens with one attached hydrogen (secondary N) is 1. The van der Waals surface area contributed by atoms with Crippen molar-refractivity contribution in [2.75, 3.05) is 13.1 Å². The summed E-state index contributed by atoms with van der Waals surface area (Å²) in [5, 5.41) is 8.24. The molecule has 1 aliphatic heterocycles. The van der Waals surface area contributed by atoms with Gasteiger partial charge in [-0.2, -0.15) is 11.3 Å². The third-order valence-electron chi connectivity index (χ3n) is 4.40. The maximum absolute atomic E-state index is 3.74. The number of hydrogen-bond donors (Lipinski definition) is 1. The van der Waals surface area contributed by atoms with Crippen LogP contribution in [0.3, 0.4) is 0 Å². The molecule has 1 aliphatic rings. The largest absolute Gasteiger partial charge is 0.311 e. The lowest BCUT2D eigenvalue weighted by molar-refractivity contribution is 0.0599. The lowest BCUT2D eigenvalue weighted by Gasteiger charge is -2.45. The molecule has 3 atom stereocenters. The highest BCUT2D eigenvalue weighted by atomic mass is 32.1. The fraction of sp³-hybridized carbons (Fsp3) is 0.750. The monoisotopic (exact) mass is 280 g/mol. The first-order valence-corrected chi connectivity index (χ1v) is 8.59. The predicted molar refractivity (Wildman–Crippen MR) is 84.8 cm³/mol. The molecule has 2 heterocycles. The average molecular weight is 280 g/mol. The van der Waals surface area contributed by atoms with E-state index in [-0.39, 0.29) is 0 Å². The van der Waals surface area contributed by atoms with Crippen LogP contribution in [0.5, 0.6) is 0 Å². The molecule has 108 valence electrons. The quantitative estimate of drug-likeness (QED) is 0.880. The van der Waals surface area contributed by atoms with E-state index in [4.69, 9.17) is 0 Å². The van der Waals surface area contributed by atoms with Gasteiger partial charge in [-0.25, -0.2) is 0 Å². The number of rotatable bonds is 5. The van der Waals surface area contributed by atoms with Crippen molar-refractivity contribution in [2.45, 2.75) is 58.7 Å². The van der Waals surface area contributed by atoms with E-state index in [0.29, 0.717) is 24.0 Å². The van der Waals surface area contributed by atoms with Crippen LogP contribution in [0.4, 0.5) is 0 Å². The van der Waals surface area contributed by atoms with Crippen LogP contribution in [0.25, 0.3) is 0 Å². The van der Waals surface area contributed by atoms with Gasteiger partial charge in [0.2, 0.25) is 0 Å². The maximum Gasteiger partial charge on any atom is 0.0332 e. The number of hydrogen-bond acceptors (Lipinski definition) is 3. The van der Waals surface area contributed by atoms with Crippen LogP contribution in [0, 0.1) is 5.92 Å². The van der Waals surface area contributed by atoms with Crippen molar-refractivity contribution >= 4 is 11.3 Å². The molecule has 1 N–H and O–H groups in total. The lowest BCUT2D eigenvalue weighted by Crippen LogP contribution is -2.58. The van der Waals surface area contributed by atoms with Crippen molar-refractivity contribution in [3.63, 3.8) is 0 Å². The molecule has 0 radical (unpaired) electrons. The fourth-order valence-electron chi connectivity index (χ4n) is 3.17. The Kier molecular flexibility index (Phi) is 5.43. The molecule has 3 unspecified atom stereocenters. The summed E-state index contributed by atoms with van der Waals surface area (Å²) in [7, 11) is 0. The summed E-state index contributed by atoms with van der Waals surface area (Å²) >= 11 is 1.81. The highest BCUT2D eigenvalue weighted by Gasteiger charge is 2.32. The summed E-state index contributed by atoms with van der Waals surface area (Å²) in [5.41, 5.74) is 1.48. The van der Waals surface area contributed by atoms with Gasteiger partial charge >= 0.3 is 0 Å². The van der Waals surface area contributed by atoms with E-state index in [0.717, 1.165) is 6.54 Å². The SMILES string of the molecule is CCCC1CN(C(C)c2ccsc2)C(C(C)C)CN1. The second-order valence-corrected chi connectivity index (χ2v) is 6.91. The molecule has 0 amide bonds. The van der Waals surface area contributed by atoms with Gasteiger partial charge in [0, 0.05) is 31.2 Å². The highest BCUT2D eigenvalue weighted by molar-refractivity contribution is 7.07.